The number of esters is 1. The second-order valence-corrected chi connectivity index (χ2v) is 4.41. The SMILES string of the molecule is CCOC(=O)c1cccc(NCc2ncc(CC)o2)c1N. The van der Waals surface area contributed by atoms with Gasteiger partial charge in [0.15, 0.2) is 0 Å². The van der Waals surface area contributed by atoms with Crippen molar-refractivity contribution in [3.8, 4) is 0 Å². The van der Waals surface area contributed by atoms with Gasteiger partial charge in [-0.2, -0.15) is 0 Å². The van der Waals surface area contributed by atoms with E-state index in [1.807, 2.05) is 6.92 Å². The number of aryl methyl sites for hydroxylation is 1. The summed E-state index contributed by atoms with van der Waals surface area (Å²) in [6.07, 6.45) is 2.50. The molecule has 0 spiro atoms. The van der Waals surface area contributed by atoms with Crippen molar-refractivity contribution in [2.45, 2.75) is 26.8 Å². The van der Waals surface area contributed by atoms with Gasteiger partial charge in [0.25, 0.3) is 0 Å². The van der Waals surface area contributed by atoms with Gasteiger partial charge < -0.3 is 20.2 Å². The summed E-state index contributed by atoms with van der Waals surface area (Å²) in [6.45, 7) is 4.46. The van der Waals surface area contributed by atoms with E-state index in [9.17, 15) is 4.79 Å². The summed E-state index contributed by atoms with van der Waals surface area (Å²) >= 11 is 0. The van der Waals surface area contributed by atoms with Gasteiger partial charge in [-0.15, -0.1) is 0 Å². The van der Waals surface area contributed by atoms with Crippen molar-refractivity contribution >= 4 is 17.3 Å². The average Bonchev–Trinajstić information content (AvgIpc) is 2.94. The maximum absolute atomic E-state index is 11.8. The molecule has 1 heterocycles. The number of aromatic nitrogens is 1. The Hall–Kier alpha value is -2.50. The monoisotopic (exact) mass is 289 g/mol. The first kappa shape index (κ1) is 14.9. The molecule has 0 radical (unpaired) electrons. The number of hydrogen-bond acceptors (Lipinski definition) is 6. The minimum Gasteiger partial charge on any atom is -0.462 e. The third-order valence-electron chi connectivity index (χ3n) is 2.98. The Labute approximate surface area is 123 Å². The molecule has 1 aromatic carbocycles. The molecule has 2 rings (SSSR count). The summed E-state index contributed by atoms with van der Waals surface area (Å²) in [5.41, 5.74) is 7.36. The molecule has 21 heavy (non-hydrogen) atoms. The fraction of sp³-hybridized carbons (Fsp3) is 0.333. The van der Waals surface area contributed by atoms with Gasteiger partial charge >= 0.3 is 5.97 Å². The zero-order valence-electron chi connectivity index (χ0n) is 12.2. The molecule has 2 aromatic rings. The van der Waals surface area contributed by atoms with Crippen molar-refractivity contribution in [2.24, 2.45) is 0 Å². The van der Waals surface area contributed by atoms with E-state index in [1.54, 1.807) is 31.3 Å². The van der Waals surface area contributed by atoms with Gasteiger partial charge in [-0.3, -0.25) is 0 Å². The van der Waals surface area contributed by atoms with Gasteiger partial charge in [0.05, 0.1) is 36.3 Å². The van der Waals surface area contributed by atoms with Crippen LogP contribution < -0.4 is 11.1 Å². The van der Waals surface area contributed by atoms with Crippen LogP contribution in [0.25, 0.3) is 0 Å². The molecule has 0 bridgehead atoms. The third kappa shape index (κ3) is 3.53. The molecule has 0 atom stereocenters. The number of rotatable bonds is 6. The van der Waals surface area contributed by atoms with Crippen molar-refractivity contribution in [1.29, 1.82) is 0 Å². The van der Waals surface area contributed by atoms with Crippen LogP contribution in [0.3, 0.4) is 0 Å². The molecule has 3 N–H and O–H groups in total. The number of nitrogens with two attached hydrogens (primary N) is 1. The van der Waals surface area contributed by atoms with Crippen LogP contribution in [0, 0.1) is 0 Å². The highest BCUT2D eigenvalue weighted by molar-refractivity contribution is 5.98. The van der Waals surface area contributed by atoms with Gasteiger partial charge in [0.1, 0.15) is 5.76 Å². The fourth-order valence-electron chi connectivity index (χ4n) is 1.87. The van der Waals surface area contributed by atoms with Crippen molar-refractivity contribution < 1.29 is 13.9 Å². The van der Waals surface area contributed by atoms with Gasteiger partial charge in [-0.05, 0) is 19.1 Å². The van der Waals surface area contributed by atoms with Crippen LogP contribution in [0.15, 0.2) is 28.8 Å². The molecule has 0 fully saturated rings. The number of anilines is 2. The van der Waals surface area contributed by atoms with E-state index in [0.717, 1.165) is 12.2 Å². The number of hydrogen-bond donors (Lipinski definition) is 2. The predicted molar refractivity (Wildman–Crippen MR) is 80.0 cm³/mol. The van der Waals surface area contributed by atoms with E-state index in [-0.39, 0.29) is 0 Å². The summed E-state index contributed by atoms with van der Waals surface area (Å²) in [6, 6.07) is 5.18. The van der Waals surface area contributed by atoms with E-state index in [0.29, 0.717) is 36.0 Å². The molecule has 0 amide bonds. The first-order valence-electron chi connectivity index (χ1n) is 6.88. The lowest BCUT2D eigenvalue weighted by molar-refractivity contribution is 0.0527. The summed E-state index contributed by atoms with van der Waals surface area (Å²) in [5, 5.41) is 3.11. The van der Waals surface area contributed by atoms with Crippen molar-refractivity contribution in [2.75, 3.05) is 17.7 Å². The molecule has 0 saturated heterocycles. The minimum absolute atomic E-state index is 0.312. The maximum atomic E-state index is 11.8. The minimum atomic E-state index is -0.428. The Balaban J connectivity index is 2.09. The lowest BCUT2D eigenvalue weighted by Gasteiger charge is -2.11. The molecule has 0 saturated carbocycles. The van der Waals surface area contributed by atoms with Gasteiger partial charge in [0, 0.05) is 6.42 Å². The van der Waals surface area contributed by atoms with Crippen LogP contribution >= 0.6 is 0 Å². The van der Waals surface area contributed by atoms with E-state index < -0.39 is 5.97 Å². The molecule has 0 unspecified atom stereocenters. The van der Waals surface area contributed by atoms with Gasteiger partial charge in [0.2, 0.25) is 5.89 Å². The Kier molecular flexibility index (Phi) is 4.81. The highest BCUT2D eigenvalue weighted by Gasteiger charge is 2.13. The number of carbonyl (C=O) groups excluding carboxylic acids is 1. The van der Waals surface area contributed by atoms with Crippen LogP contribution in [0.1, 0.15) is 35.9 Å². The van der Waals surface area contributed by atoms with E-state index in [2.05, 4.69) is 10.3 Å². The van der Waals surface area contributed by atoms with Gasteiger partial charge in [-0.25, -0.2) is 9.78 Å². The number of ether oxygens (including phenoxy) is 1. The van der Waals surface area contributed by atoms with Gasteiger partial charge in [-0.1, -0.05) is 13.0 Å². The third-order valence-corrected chi connectivity index (χ3v) is 2.98. The number of nitrogen functional groups attached to an aromatic ring is 1. The van der Waals surface area contributed by atoms with Crippen molar-refractivity contribution in [1.82, 2.24) is 4.98 Å². The molecular formula is C15H19N3O3. The fourth-order valence-corrected chi connectivity index (χ4v) is 1.87. The second-order valence-electron chi connectivity index (χ2n) is 4.41. The predicted octanol–water partition coefficient (Wildman–Crippen LogP) is 2.61. The number of para-hydroxylation sites is 1. The molecule has 0 aliphatic rings. The largest absolute Gasteiger partial charge is 0.462 e. The lowest BCUT2D eigenvalue weighted by atomic mass is 10.1. The Morgan fingerprint density at radius 2 is 2.24 bits per heavy atom. The van der Waals surface area contributed by atoms with Crippen LogP contribution in [0.4, 0.5) is 11.4 Å². The topological polar surface area (TPSA) is 90.4 Å². The number of nitrogens with one attached hydrogen (secondary N) is 1. The molecule has 6 nitrogen and oxygen atoms in total. The zero-order chi connectivity index (χ0) is 15.2. The Morgan fingerprint density at radius 1 is 1.43 bits per heavy atom. The summed E-state index contributed by atoms with van der Waals surface area (Å²) < 4.78 is 10.5. The first-order valence-corrected chi connectivity index (χ1v) is 6.88. The Morgan fingerprint density at radius 3 is 2.90 bits per heavy atom. The molecule has 1 aromatic heterocycles. The molecule has 0 aliphatic carbocycles. The van der Waals surface area contributed by atoms with Crippen LogP contribution in [-0.4, -0.2) is 17.6 Å². The Bertz CT molecular complexity index is 622. The quantitative estimate of drug-likeness (QED) is 0.627. The first-order chi connectivity index (χ1) is 10.2. The van der Waals surface area contributed by atoms with E-state index in [4.69, 9.17) is 14.9 Å². The summed E-state index contributed by atoms with van der Waals surface area (Å²) in [4.78, 5) is 15.9. The van der Waals surface area contributed by atoms with E-state index in [1.165, 1.54) is 0 Å². The lowest BCUT2D eigenvalue weighted by Crippen LogP contribution is -2.10. The van der Waals surface area contributed by atoms with Crippen LogP contribution in [0.5, 0.6) is 0 Å². The summed E-state index contributed by atoms with van der Waals surface area (Å²) in [7, 11) is 0. The highest BCUT2D eigenvalue weighted by atomic mass is 16.5. The highest BCUT2D eigenvalue weighted by Crippen LogP contribution is 2.24. The normalized spacial score (nSPS) is 10.4. The standard InChI is InChI=1S/C15H19N3O3/c1-3-10-8-18-13(21-10)9-17-12-7-5-6-11(14(12)16)15(19)20-4-2/h5-8,17H,3-4,9,16H2,1-2H3. The van der Waals surface area contributed by atoms with E-state index >= 15 is 0 Å². The zero-order valence-corrected chi connectivity index (χ0v) is 12.2. The van der Waals surface area contributed by atoms with Crippen molar-refractivity contribution in [3.05, 3.63) is 41.6 Å². The molecule has 112 valence electrons. The van der Waals surface area contributed by atoms with Crippen molar-refractivity contribution in [3.63, 3.8) is 0 Å². The molecule has 6 heteroatoms. The van der Waals surface area contributed by atoms with Crippen LogP contribution in [-0.2, 0) is 17.7 Å². The number of oxazole rings is 1. The maximum Gasteiger partial charge on any atom is 0.340 e. The number of carbonyl (C=O) groups is 1. The summed E-state index contributed by atoms with van der Waals surface area (Å²) in [5.74, 6) is 0.982. The number of nitrogens with zero attached hydrogens (tertiary/aromatic N) is 1. The average molecular weight is 289 g/mol. The molecule has 0 aliphatic heterocycles. The molecular weight excluding hydrogens is 270 g/mol. The van der Waals surface area contributed by atoms with Crippen LogP contribution in [0.2, 0.25) is 0 Å². The smallest absolute Gasteiger partial charge is 0.340 e. The number of benzene rings is 1. The second kappa shape index (κ2) is 6.78.